The predicted octanol–water partition coefficient (Wildman–Crippen LogP) is -0.788. The molecule has 0 bridgehead atoms. The van der Waals surface area contributed by atoms with Crippen LogP contribution in [0.1, 0.15) is 12.8 Å². The van der Waals surface area contributed by atoms with Gasteiger partial charge in [-0.05, 0) is 4.85 Å². The summed E-state index contributed by atoms with van der Waals surface area (Å²) in [6.07, 6.45) is -3.11. The Morgan fingerprint density at radius 1 is 1.42 bits per heavy atom. The summed E-state index contributed by atoms with van der Waals surface area (Å²) in [5.74, 6) is -1.76. The molecule has 0 amide bonds. The van der Waals surface area contributed by atoms with Gasteiger partial charge < -0.3 is 19.7 Å². The number of hydrogen-bond acceptors (Lipinski definition) is 6. The van der Waals surface area contributed by atoms with Crippen molar-refractivity contribution in [2.24, 2.45) is 0 Å². The van der Waals surface area contributed by atoms with Crippen molar-refractivity contribution in [3.8, 4) is 6.57 Å². The lowest BCUT2D eigenvalue weighted by molar-refractivity contribution is -0.156. The Morgan fingerprint density at radius 3 is 2.79 bits per heavy atom. The van der Waals surface area contributed by atoms with E-state index in [4.69, 9.17) is 25.9 Å². The fourth-order valence-corrected chi connectivity index (χ4v) is 2.21. The minimum Gasteiger partial charge on any atom is -0.481 e. The minimum absolute atomic E-state index is 0.0127. The van der Waals surface area contributed by atoms with Crippen LogP contribution >= 0.6 is 0 Å². The SMILES string of the molecule is C#[N+][C@]12OC[C@@H](OC(=O)CCC(=O)O)[C@H]1OC[C@H]2O. The Balaban J connectivity index is 1.95. The van der Waals surface area contributed by atoms with E-state index in [1.54, 1.807) is 0 Å². The van der Waals surface area contributed by atoms with Crippen LogP contribution in [0.2, 0.25) is 0 Å². The van der Waals surface area contributed by atoms with Crippen molar-refractivity contribution in [1.82, 2.24) is 0 Å². The molecule has 0 aliphatic carbocycles. The van der Waals surface area contributed by atoms with Crippen LogP contribution in [0.5, 0.6) is 0 Å². The Kier molecular flexibility index (Phi) is 3.71. The van der Waals surface area contributed by atoms with Crippen LogP contribution in [0.15, 0.2) is 0 Å². The number of aliphatic hydroxyl groups is 1. The van der Waals surface area contributed by atoms with Crippen LogP contribution in [-0.4, -0.2) is 59.4 Å². The van der Waals surface area contributed by atoms with Crippen LogP contribution in [0.4, 0.5) is 0 Å². The Morgan fingerprint density at radius 2 is 2.16 bits per heavy atom. The van der Waals surface area contributed by atoms with Crippen molar-refractivity contribution in [3.05, 3.63) is 4.85 Å². The molecule has 0 radical (unpaired) electrons. The van der Waals surface area contributed by atoms with Gasteiger partial charge in [0.1, 0.15) is 0 Å². The highest BCUT2D eigenvalue weighted by Crippen LogP contribution is 2.40. The number of hydrogen-bond donors (Lipinski definition) is 2. The van der Waals surface area contributed by atoms with Gasteiger partial charge in [-0.3, -0.25) is 14.3 Å². The smallest absolute Gasteiger partial charge is 0.442 e. The molecular formula is C11H14NO7+. The molecule has 4 atom stereocenters. The first kappa shape index (κ1) is 13.7. The highest BCUT2D eigenvalue weighted by molar-refractivity contribution is 5.76. The van der Waals surface area contributed by atoms with Gasteiger partial charge in [0.15, 0.2) is 12.2 Å². The molecule has 2 fully saturated rings. The summed E-state index contributed by atoms with van der Waals surface area (Å²) in [5, 5.41) is 18.2. The summed E-state index contributed by atoms with van der Waals surface area (Å²) >= 11 is 0. The summed E-state index contributed by atoms with van der Waals surface area (Å²) in [5.41, 5.74) is -1.41. The fourth-order valence-electron chi connectivity index (χ4n) is 2.21. The minimum atomic E-state index is -1.41. The number of carboxylic acids is 1. The van der Waals surface area contributed by atoms with Gasteiger partial charge in [0.25, 0.3) is 6.57 Å². The fraction of sp³-hybridized carbons (Fsp3) is 0.727. The number of nitrogens with zero attached hydrogens (tertiary/aromatic N) is 1. The molecule has 0 saturated carbocycles. The number of ether oxygens (including phenoxy) is 3. The van der Waals surface area contributed by atoms with Gasteiger partial charge in [0, 0.05) is 0 Å². The van der Waals surface area contributed by atoms with Gasteiger partial charge in [0.05, 0.1) is 26.1 Å². The van der Waals surface area contributed by atoms with Crippen LogP contribution in [0.25, 0.3) is 4.85 Å². The average Bonchev–Trinajstić information content (AvgIpc) is 2.87. The molecule has 104 valence electrons. The Labute approximate surface area is 108 Å². The van der Waals surface area contributed by atoms with E-state index < -0.39 is 36.0 Å². The van der Waals surface area contributed by atoms with E-state index >= 15 is 0 Å². The molecule has 0 spiro atoms. The van der Waals surface area contributed by atoms with E-state index in [-0.39, 0.29) is 26.1 Å². The zero-order valence-corrected chi connectivity index (χ0v) is 10.0. The summed E-state index contributed by atoms with van der Waals surface area (Å²) in [6.45, 7) is 5.20. The zero-order valence-electron chi connectivity index (χ0n) is 10.0. The molecule has 0 aromatic heterocycles. The number of aliphatic carboxylic acids is 1. The second-order valence-corrected chi connectivity index (χ2v) is 4.38. The topological polar surface area (TPSA) is 107 Å². The second-order valence-electron chi connectivity index (χ2n) is 4.38. The molecule has 2 heterocycles. The first-order valence-electron chi connectivity index (χ1n) is 5.76. The maximum absolute atomic E-state index is 11.4. The molecule has 2 saturated heterocycles. The van der Waals surface area contributed by atoms with Crippen LogP contribution < -0.4 is 0 Å². The van der Waals surface area contributed by atoms with Gasteiger partial charge in [-0.1, -0.05) is 0 Å². The molecule has 2 N–H and O–H groups in total. The van der Waals surface area contributed by atoms with Crippen molar-refractivity contribution in [3.63, 3.8) is 0 Å². The quantitative estimate of drug-likeness (QED) is 0.646. The summed E-state index contributed by atoms with van der Waals surface area (Å²) in [6, 6.07) is 0. The first-order valence-corrected chi connectivity index (χ1v) is 5.76. The third-order valence-electron chi connectivity index (χ3n) is 3.16. The van der Waals surface area contributed by atoms with Crippen molar-refractivity contribution in [1.29, 1.82) is 0 Å². The first-order chi connectivity index (χ1) is 8.99. The van der Waals surface area contributed by atoms with Gasteiger partial charge in [-0.15, -0.1) is 0 Å². The second kappa shape index (κ2) is 5.13. The van der Waals surface area contributed by atoms with E-state index in [0.717, 1.165) is 0 Å². The monoisotopic (exact) mass is 272 g/mol. The molecule has 2 aliphatic rings. The Hall–Kier alpha value is -1.69. The van der Waals surface area contributed by atoms with Gasteiger partial charge >= 0.3 is 17.7 Å². The summed E-state index contributed by atoms with van der Waals surface area (Å²) < 4.78 is 15.7. The number of aliphatic hydroxyl groups excluding tert-OH is 1. The van der Waals surface area contributed by atoms with Crippen LogP contribution in [0.3, 0.4) is 0 Å². The molecule has 19 heavy (non-hydrogen) atoms. The highest BCUT2D eigenvalue weighted by Gasteiger charge is 2.70. The molecule has 8 nitrogen and oxygen atoms in total. The van der Waals surface area contributed by atoms with Crippen molar-refractivity contribution < 1.29 is 34.0 Å². The van der Waals surface area contributed by atoms with Crippen molar-refractivity contribution in [2.45, 2.75) is 36.9 Å². The van der Waals surface area contributed by atoms with Gasteiger partial charge in [-0.2, -0.15) is 0 Å². The molecule has 0 aromatic carbocycles. The van der Waals surface area contributed by atoms with Crippen molar-refractivity contribution in [2.75, 3.05) is 13.2 Å². The van der Waals surface area contributed by atoms with Gasteiger partial charge in [0.2, 0.25) is 6.10 Å². The number of carbonyl (C=O) groups excluding carboxylic acids is 1. The molecule has 0 aromatic rings. The number of carboxylic acid groups (broad SMARTS) is 1. The number of rotatable bonds is 4. The van der Waals surface area contributed by atoms with E-state index in [2.05, 4.69) is 4.85 Å². The van der Waals surface area contributed by atoms with Crippen molar-refractivity contribution >= 4 is 11.9 Å². The zero-order chi connectivity index (χ0) is 14.0. The molecule has 2 aliphatic heterocycles. The number of fused-ring (bicyclic) bond motifs is 1. The largest absolute Gasteiger partial charge is 0.481 e. The molecule has 8 heteroatoms. The van der Waals surface area contributed by atoms with Gasteiger partial charge in [-0.25, -0.2) is 0 Å². The lowest BCUT2D eigenvalue weighted by atomic mass is 10.0. The average molecular weight is 272 g/mol. The maximum Gasteiger partial charge on any atom is 0.442 e. The van der Waals surface area contributed by atoms with E-state index in [9.17, 15) is 14.7 Å². The third kappa shape index (κ3) is 2.40. The molecular weight excluding hydrogens is 258 g/mol. The summed E-state index contributed by atoms with van der Waals surface area (Å²) in [7, 11) is 0. The van der Waals surface area contributed by atoms with E-state index in [1.165, 1.54) is 0 Å². The highest BCUT2D eigenvalue weighted by atomic mass is 16.7. The third-order valence-corrected chi connectivity index (χ3v) is 3.16. The normalized spacial score (nSPS) is 36.5. The molecule has 0 unspecified atom stereocenters. The van der Waals surface area contributed by atoms with Crippen LogP contribution in [-0.2, 0) is 23.8 Å². The number of carbonyl (C=O) groups is 2. The lowest BCUT2D eigenvalue weighted by Crippen LogP contribution is -2.44. The summed E-state index contributed by atoms with van der Waals surface area (Å²) in [4.78, 5) is 25.3. The van der Waals surface area contributed by atoms with Crippen LogP contribution in [0, 0.1) is 6.57 Å². The van der Waals surface area contributed by atoms with E-state index in [1.807, 2.05) is 0 Å². The maximum atomic E-state index is 11.4. The molecule has 2 rings (SSSR count). The number of esters is 1. The predicted molar refractivity (Wildman–Crippen MR) is 59.5 cm³/mol. The Bertz CT molecular complexity index is 431. The standard InChI is InChI=1S/C11H13NO7/c1-12-11-7(13)5-17-10(11)6(4-18-11)19-9(16)3-2-8(14)15/h1,6-7,10,13H,2-5H2/p+1/t6-,7-,10-,11-/m1/s1. The van der Waals surface area contributed by atoms with E-state index in [0.29, 0.717) is 0 Å². The lowest BCUT2D eigenvalue weighted by Gasteiger charge is -2.15.